The first-order valence-electron chi connectivity index (χ1n) is 12.5. The van der Waals surface area contributed by atoms with Crippen LogP contribution in [0, 0.1) is 5.92 Å². The van der Waals surface area contributed by atoms with Gasteiger partial charge in [0.05, 0.1) is 26.4 Å². The molecule has 0 radical (unpaired) electrons. The van der Waals surface area contributed by atoms with Crippen LogP contribution in [-0.4, -0.2) is 48.8 Å². The highest BCUT2D eigenvalue weighted by molar-refractivity contribution is 6.02. The lowest BCUT2D eigenvalue weighted by Crippen LogP contribution is -2.56. The van der Waals surface area contributed by atoms with E-state index in [1.807, 2.05) is 60.7 Å². The maximum absolute atomic E-state index is 13.3. The molecule has 1 aliphatic carbocycles. The van der Waals surface area contributed by atoms with E-state index < -0.39 is 5.60 Å². The smallest absolute Gasteiger partial charge is 0.238 e. The molecule has 2 N–H and O–H groups in total. The summed E-state index contributed by atoms with van der Waals surface area (Å²) in [5, 5.41) is 16.9. The molecule has 2 fully saturated rings. The SMILES string of the molecule is COc1ccc([C@@H]2[C@H]3CCCC[C@]3(O)CCN2CC(=O)Nc2cccc3ccccc23)c(OC)c1. The molecule has 1 saturated heterocycles. The molecule has 3 aromatic carbocycles. The number of carbonyl (C=O) groups is 1. The average Bonchev–Trinajstić information content (AvgIpc) is 2.88. The van der Waals surface area contributed by atoms with E-state index in [2.05, 4.69) is 10.2 Å². The molecule has 1 aliphatic heterocycles. The van der Waals surface area contributed by atoms with Crippen LogP contribution in [0.15, 0.2) is 60.7 Å². The number of likely N-dealkylation sites (tertiary alicyclic amines) is 1. The van der Waals surface area contributed by atoms with Gasteiger partial charge in [0.25, 0.3) is 0 Å². The summed E-state index contributed by atoms with van der Waals surface area (Å²) in [4.78, 5) is 15.5. The molecule has 0 unspecified atom stereocenters. The summed E-state index contributed by atoms with van der Waals surface area (Å²) in [6, 6.07) is 19.7. The molecular formula is C29H34N2O4. The number of benzene rings is 3. The Hall–Kier alpha value is -3.09. The summed E-state index contributed by atoms with van der Waals surface area (Å²) in [5.41, 5.74) is 1.10. The van der Waals surface area contributed by atoms with Crippen LogP contribution in [0.3, 0.4) is 0 Å². The number of rotatable bonds is 6. The van der Waals surface area contributed by atoms with E-state index in [1.165, 1.54) is 0 Å². The first kappa shape index (κ1) is 23.6. The number of carbonyl (C=O) groups excluding carboxylic acids is 1. The summed E-state index contributed by atoms with van der Waals surface area (Å²) in [6.07, 6.45) is 4.54. The van der Waals surface area contributed by atoms with Crippen molar-refractivity contribution in [3.05, 3.63) is 66.2 Å². The van der Waals surface area contributed by atoms with Gasteiger partial charge in [-0.15, -0.1) is 0 Å². The van der Waals surface area contributed by atoms with Gasteiger partial charge < -0.3 is 19.9 Å². The van der Waals surface area contributed by atoms with Gasteiger partial charge in [-0.1, -0.05) is 55.3 Å². The fourth-order valence-corrected chi connectivity index (χ4v) is 6.10. The Bertz CT molecular complexity index is 1210. The van der Waals surface area contributed by atoms with Gasteiger partial charge in [-0.3, -0.25) is 9.69 Å². The van der Waals surface area contributed by atoms with E-state index in [9.17, 15) is 9.90 Å². The zero-order valence-electron chi connectivity index (χ0n) is 20.5. The molecule has 2 aliphatic rings. The molecule has 35 heavy (non-hydrogen) atoms. The van der Waals surface area contributed by atoms with Crippen molar-refractivity contribution in [2.45, 2.75) is 43.7 Å². The molecule has 5 rings (SSSR count). The third kappa shape index (κ3) is 4.60. The summed E-state index contributed by atoms with van der Waals surface area (Å²) >= 11 is 0. The molecule has 6 heteroatoms. The van der Waals surface area contributed by atoms with Crippen LogP contribution in [0.1, 0.15) is 43.7 Å². The minimum atomic E-state index is -0.712. The Morgan fingerprint density at radius 3 is 2.71 bits per heavy atom. The Labute approximate surface area is 206 Å². The number of hydrogen-bond donors (Lipinski definition) is 2. The van der Waals surface area contributed by atoms with Crippen LogP contribution in [0.5, 0.6) is 11.5 Å². The van der Waals surface area contributed by atoms with E-state index in [4.69, 9.17) is 9.47 Å². The van der Waals surface area contributed by atoms with E-state index in [0.717, 1.165) is 59.2 Å². The first-order valence-corrected chi connectivity index (χ1v) is 12.5. The molecule has 6 nitrogen and oxygen atoms in total. The second-order valence-electron chi connectivity index (χ2n) is 9.80. The van der Waals surface area contributed by atoms with E-state index >= 15 is 0 Å². The quantitative estimate of drug-likeness (QED) is 0.516. The lowest BCUT2D eigenvalue weighted by molar-refractivity contribution is -0.135. The van der Waals surface area contributed by atoms with Crippen molar-refractivity contribution in [1.29, 1.82) is 0 Å². The second-order valence-corrected chi connectivity index (χ2v) is 9.80. The third-order valence-electron chi connectivity index (χ3n) is 7.84. The van der Waals surface area contributed by atoms with Crippen LogP contribution in [-0.2, 0) is 4.79 Å². The van der Waals surface area contributed by atoms with Gasteiger partial charge in [0, 0.05) is 41.2 Å². The zero-order valence-corrected chi connectivity index (χ0v) is 20.5. The van der Waals surface area contributed by atoms with Gasteiger partial charge in [-0.2, -0.15) is 0 Å². The molecule has 3 atom stereocenters. The van der Waals surface area contributed by atoms with E-state index in [-0.39, 0.29) is 24.4 Å². The second kappa shape index (κ2) is 9.88. The van der Waals surface area contributed by atoms with Crippen LogP contribution in [0.25, 0.3) is 10.8 Å². The van der Waals surface area contributed by atoms with Crippen molar-refractivity contribution in [3.63, 3.8) is 0 Å². The fourth-order valence-electron chi connectivity index (χ4n) is 6.10. The highest BCUT2D eigenvalue weighted by atomic mass is 16.5. The van der Waals surface area contributed by atoms with E-state index in [1.54, 1.807) is 14.2 Å². The molecular weight excluding hydrogens is 440 g/mol. The monoisotopic (exact) mass is 474 g/mol. The molecule has 184 valence electrons. The summed E-state index contributed by atoms with van der Waals surface area (Å²) in [6.45, 7) is 0.894. The number of piperidine rings is 1. The van der Waals surface area contributed by atoms with Gasteiger partial charge in [0.1, 0.15) is 11.5 Å². The van der Waals surface area contributed by atoms with Crippen LogP contribution >= 0.6 is 0 Å². The normalized spacial score (nSPS) is 24.5. The number of hydrogen-bond acceptors (Lipinski definition) is 5. The van der Waals surface area contributed by atoms with Gasteiger partial charge in [-0.05, 0) is 36.8 Å². The standard InChI is InChI=1S/C29H34N2O4/c1-34-21-13-14-23(26(18-21)35-2)28-24-11-5-6-15-29(24,33)16-17-31(28)19-27(32)30-25-12-7-9-20-8-3-4-10-22(20)25/h3-4,7-10,12-14,18,24,28,33H,5-6,11,15-17,19H2,1-2H3,(H,30,32)/t24-,28-,29+/m1/s1. The van der Waals surface area contributed by atoms with Crippen molar-refractivity contribution in [3.8, 4) is 11.5 Å². The molecule has 0 bridgehead atoms. The van der Waals surface area contributed by atoms with Crippen molar-refractivity contribution in [1.82, 2.24) is 4.90 Å². The minimum absolute atomic E-state index is 0.0395. The number of fused-ring (bicyclic) bond motifs is 2. The van der Waals surface area contributed by atoms with Gasteiger partial charge in [0.2, 0.25) is 5.91 Å². The highest BCUT2D eigenvalue weighted by Crippen LogP contribution is 2.51. The molecule has 3 aromatic rings. The molecule has 1 saturated carbocycles. The molecule has 1 amide bonds. The molecule has 0 aromatic heterocycles. The summed E-state index contributed by atoms with van der Waals surface area (Å²) < 4.78 is 11.2. The summed E-state index contributed by atoms with van der Waals surface area (Å²) in [5.74, 6) is 1.43. The topological polar surface area (TPSA) is 71.0 Å². The number of aliphatic hydroxyl groups is 1. The van der Waals surface area contributed by atoms with Gasteiger partial charge in [0.15, 0.2) is 0 Å². The first-order chi connectivity index (χ1) is 17.0. The van der Waals surface area contributed by atoms with Crippen LogP contribution < -0.4 is 14.8 Å². The Kier molecular flexibility index (Phi) is 6.67. The number of ether oxygens (including phenoxy) is 2. The Morgan fingerprint density at radius 2 is 1.89 bits per heavy atom. The lowest BCUT2D eigenvalue weighted by atomic mass is 9.66. The number of methoxy groups -OCH3 is 2. The lowest BCUT2D eigenvalue weighted by Gasteiger charge is -2.52. The Morgan fingerprint density at radius 1 is 1.06 bits per heavy atom. The number of anilines is 1. The van der Waals surface area contributed by atoms with Gasteiger partial charge >= 0.3 is 0 Å². The van der Waals surface area contributed by atoms with Crippen molar-refractivity contribution in [2.24, 2.45) is 5.92 Å². The van der Waals surface area contributed by atoms with Crippen LogP contribution in [0.2, 0.25) is 0 Å². The fraction of sp³-hybridized carbons (Fsp3) is 0.414. The van der Waals surface area contributed by atoms with Crippen molar-refractivity contribution >= 4 is 22.4 Å². The van der Waals surface area contributed by atoms with Gasteiger partial charge in [-0.25, -0.2) is 0 Å². The molecule has 0 spiro atoms. The predicted octanol–water partition coefficient (Wildman–Crippen LogP) is 5.16. The predicted molar refractivity (Wildman–Crippen MR) is 138 cm³/mol. The Balaban J connectivity index is 1.45. The number of nitrogens with one attached hydrogen (secondary N) is 1. The maximum Gasteiger partial charge on any atom is 0.238 e. The molecule has 1 heterocycles. The maximum atomic E-state index is 13.3. The summed E-state index contributed by atoms with van der Waals surface area (Å²) in [7, 11) is 3.30. The number of nitrogens with zero attached hydrogens (tertiary/aromatic N) is 1. The zero-order chi connectivity index (χ0) is 24.4. The van der Waals surface area contributed by atoms with Crippen LogP contribution in [0.4, 0.5) is 5.69 Å². The average molecular weight is 475 g/mol. The van der Waals surface area contributed by atoms with Crippen molar-refractivity contribution in [2.75, 3.05) is 32.6 Å². The third-order valence-corrected chi connectivity index (χ3v) is 7.84. The minimum Gasteiger partial charge on any atom is -0.497 e. The number of amides is 1. The highest BCUT2D eigenvalue weighted by Gasteiger charge is 2.49. The van der Waals surface area contributed by atoms with Crippen molar-refractivity contribution < 1.29 is 19.4 Å². The largest absolute Gasteiger partial charge is 0.497 e. The van der Waals surface area contributed by atoms with E-state index in [0.29, 0.717) is 13.0 Å².